The van der Waals surface area contributed by atoms with Gasteiger partial charge in [-0.05, 0) is 13.8 Å². The number of nitrogens with zero attached hydrogens (tertiary/aromatic N) is 2. The van der Waals surface area contributed by atoms with Crippen molar-refractivity contribution >= 4 is 27.4 Å². The zero-order valence-corrected chi connectivity index (χ0v) is 9.59. The first-order valence-corrected chi connectivity index (χ1v) is 5.56. The molecule has 0 amide bonds. The molecule has 3 aromatic heterocycles. The van der Waals surface area contributed by atoms with Gasteiger partial charge < -0.3 is 14.7 Å². The molecule has 3 heterocycles. The SMILES string of the molecule is Cc1cc(-c2nc3sc(C)c(N)c3o2)no1. The average molecular weight is 235 g/mol. The molecule has 0 unspecified atom stereocenters. The number of oxazole rings is 1. The van der Waals surface area contributed by atoms with Crippen molar-refractivity contribution in [2.75, 3.05) is 5.73 Å². The molecule has 6 heteroatoms. The van der Waals surface area contributed by atoms with Gasteiger partial charge in [-0.1, -0.05) is 5.16 Å². The molecule has 0 bridgehead atoms. The first kappa shape index (κ1) is 9.41. The number of hydrogen-bond donors (Lipinski definition) is 1. The number of thiophene rings is 1. The van der Waals surface area contributed by atoms with Crippen LogP contribution in [0.5, 0.6) is 0 Å². The van der Waals surface area contributed by atoms with Crippen LogP contribution in [0.1, 0.15) is 10.6 Å². The number of hydrogen-bond acceptors (Lipinski definition) is 6. The molecule has 82 valence electrons. The van der Waals surface area contributed by atoms with E-state index >= 15 is 0 Å². The van der Waals surface area contributed by atoms with Crippen molar-refractivity contribution in [2.24, 2.45) is 0 Å². The fourth-order valence-corrected chi connectivity index (χ4v) is 2.35. The van der Waals surface area contributed by atoms with Crippen molar-refractivity contribution in [2.45, 2.75) is 13.8 Å². The maximum absolute atomic E-state index is 5.87. The van der Waals surface area contributed by atoms with Gasteiger partial charge in [0.2, 0.25) is 0 Å². The third kappa shape index (κ3) is 1.23. The van der Waals surface area contributed by atoms with Gasteiger partial charge in [-0.2, -0.15) is 4.98 Å². The summed E-state index contributed by atoms with van der Waals surface area (Å²) in [6.07, 6.45) is 0. The molecule has 0 atom stereocenters. The number of aryl methyl sites for hydroxylation is 2. The molecule has 0 aromatic carbocycles. The Morgan fingerprint density at radius 1 is 1.38 bits per heavy atom. The Morgan fingerprint density at radius 2 is 2.19 bits per heavy atom. The van der Waals surface area contributed by atoms with Crippen molar-refractivity contribution < 1.29 is 8.94 Å². The van der Waals surface area contributed by atoms with Crippen LogP contribution in [0.15, 0.2) is 15.0 Å². The van der Waals surface area contributed by atoms with Crippen LogP contribution < -0.4 is 5.73 Å². The highest BCUT2D eigenvalue weighted by Gasteiger charge is 2.17. The number of aromatic nitrogens is 2. The first-order valence-electron chi connectivity index (χ1n) is 4.74. The minimum Gasteiger partial charge on any atom is -0.431 e. The Morgan fingerprint density at radius 3 is 2.81 bits per heavy atom. The van der Waals surface area contributed by atoms with Crippen LogP contribution in [0.25, 0.3) is 22.0 Å². The van der Waals surface area contributed by atoms with Gasteiger partial charge in [0.1, 0.15) is 5.76 Å². The van der Waals surface area contributed by atoms with Crippen molar-refractivity contribution in [1.82, 2.24) is 10.1 Å². The first-order chi connectivity index (χ1) is 7.65. The number of rotatable bonds is 1. The highest BCUT2D eigenvalue weighted by atomic mass is 32.1. The summed E-state index contributed by atoms with van der Waals surface area (Å²) in [4.78, 5) is 6.14. The number of fused-ring (bicyclic) bond motifs is 1. The lowest BCUT2D eigenvalue weighted by atomic mass is 10.4. The second kappa shape index (κ2) is 3.08. The minimum absolute atomic E-state index is 0.449. The summed E-state index contributed by atoms with van der Waals surface area (Å²) in [6.45, 7) is 3.76. The van der Waals surface area contributed by atoms with E-state index < -0.39 is 0 Å². The van der Waals surface area contributed by atoms with Gasteiger partial charge in [0.05, 0.1) is 5.69 Å². The van der Waals surface area contributed by atoms with Crippen LogP contribution in [0.2, 0.25) is 0 Å². The summed E-state index contributed by atoms with van der Waals surface area (Å²) in [5, 5.41) is 3.85. The van der Waals surface area contributed by atoms with Gasteiger partial charge in [0.15, 0.2) is 16.1 Å². The van der Waals surface area contributed by atoms with E-state index in [9.17, 15) is 0 Å². The van der Waals surface area contributed by atoms with Crippen LogP contribution in [0, 0.1) is 13.8 Å². The van der Waals surface area contributed by atoms with Crippen LogP contribution in [0.3, 0.4) is 0 Å². The Balaban J connectivity index is 2.19. The average Bonchev–Trinajstić information content (AvgIpc) is 2.87. The summed E-state index contributed by atoms with van der Waals surface area (Å²) >= 11 is 1.51. The van der Waals surface area contributed by atoms with Crippen LogP contribution in [-0.4, -0.2) is 10.1 Å². The molecular formula is C10H9N3O2S. The summed E-state index contributed by atoms with van der Waals surface area (Å²) in [7, 11) is 0. The summed E-state index contributed by atoms with van der Waals surface area (Å²) in [6, 6.07) is 1.78. The summed E-state index contributed by atoms with van der Waals surface area (Å²) < 4.78 is 10.5. The zero-order valence-electron chi connectivity index (χ0n) is 8.77. The van der Waals surface area contributed by atoms with E-state index in [0.29, 0.717) is 22.9 Å². The van der Waals surface area contributed by atoms with E-state index in [-0.39, 0.29) is 0 Å². The van der Waals surface area contributed by atoms with Gasteiger partial charge in [-0.15, -0.1) is 11.3 Å². The highest BCUT2D eigenvalue weighted by Crippen LogP contribution is 2.35. The van der Waals surface area contributed by atoms with Crippen molar-refractivity contribution in [1.29, 1.82) is 0 Å². The molecule has 3 rings (SSSR count). The van der Waals surface area contributed by atoms with E-state index in [2.05, 4.69) is 10.1 Å². The van der Waals surface area contributed by atoms with Crippen molar-refractivity contribution in [3.63, 3.8) is 0 Å². The molecule has 0 saturated heterocycles. The molecule has 0 radical (unpaired) electrons. The minimum atomic E-state index is 0.449. The monoisotopic (exact) mass is 235 g/mol. The third-order valence-corrected chi connectivity index (χ3v) is 3.31. The van der Waals surface area contributed by atoms with Crippen LogP contribution >= 0.6 is 11.3 Å². The summed E-state index contributed by atoms with van der Waals surface area (Å²) in [5.41, 5.74) is 7.75. The van der Waals surface area contributed by atoms with E-state index in [1.165, 1.54) is 11.3 Å². The highest BCUT2D eigenvalue weighted by molar-refractivity contribution is 7.19. The van der Waals surface area contributed by atoms with E-state index in [4.69, 9.17) is 14.7 Å². The lowest BCUT2D eigenvalue weighted by Crippen LogP contribution is -1.82. The normalized spacial score (nSPS) is 11.4. The second-order valence-corrected chi connectivity index (χ2v) is 4.75. The molecule has 3 aromatic rings. The largest absolute Gasteiger partial charge is 0.431 e. The predicted octanol–water partition coefficient (Wildman–Crippen LogP) is 2.74. The lowest BCUT2D eigenvalue weighted by molar-refractivity contribution is 0.397. The molecule has 0 aliphatic rings. The van der Waals surface area contributed by atoms with E-state index in [1.807, 2.05) is 13.8 Å². The molecular weight excluding hydrogens is 226 g/mol. The maximum Gasteiger partial charge on any atom is 0.250 e. The van der Waals surface area contributed by atoms with Gasteiger partial charge in [0.25, 0.3) is 5.89 Å². The zero-order chi connectivity index (χ0) is 11.3. The lowest BCUT2D eigenvalue weighted by Gasteiger charge is -1.87. The molecule has 0 fully saturated rings. The van der Waals surface area contributed by atoms with Crippen LogP contribution in [0.4, 0.5) is 5.69 Å². The number of anilines is 1. The molecule has 0 aliphatic carbocycles. The molecule has 2 N–H and O–H groups in total. The molecule has 0 aliphatic heterocycles. The fraction of sp³-hybridized carbons (Fsp3) is 0.200. The van der Waals surface area contributed by atoms with E-state index in [0.717, 1.165) is 15.5 Å². The van der Waals surface area contributed by atoms with Crippen LogP contribution in [-0.2, 0) is 0 Å². The fourth-order valence-electron chi connectivity index (χ4n) is 1.48. The number of nitrogens with two attached hydrogens (primary N) is 1. The topological polar surface area (TPSA) is 78.1 Å². The van der Waals surface area contributed by atoms with Gasteiger partial charge in [-0.25, -0.2) is 0 Å². The maximum atomic E-state index is 5.87. The Hall–Kier alpha value is -1.82. The molecule has 0 spiro atoms. The van der Waals surface area contributed by atoms with Gasteiger partial charge in [0, 0.05) is 10.9 Å². The predicted molar refractivity (Wildman–Crippen MR) is 61.3 cm³/mol. The molecule has 16 heavy (non-hydrogen) atoms. The van der Waals surface area contributed by atoms with Gasteiger partial charge >= 0.3 is 0 Å². The Bertz CT molecular complexity index is 665. The standard InChI is InChI=1S/C10H9N3O2S/c1-4-3-6(13-15-4)9-12-10-8(14-9)7(11)5(2)16-10/h3H,11H2,1-2H3. The van der Waals surface area contributed by atoms with Crippen molar-refractivity contribution in [3.05, 3.63) is 16.7 Å². The summed E-state index contributed by atoms with van der Waals surface area (Å²) in [5.74, 6) is 1.17. The number of nitrogen functional groups attached to an aromatic ring is 1. The quantitative estimate of drug-likeness (QED) is 0.701. The van der Waals surface area contributed by atoms with E-state index in [1.54, 1.807) is 6.07 Å². The van der Waals surface area contributed by atoms with Crippen molar-refractivity contribution in [3.8, 4) is 11.6 Å². The molecule has 0 saturated carbocycles. The Labute approximate surface area is 94.9 Å². The smallest absolute Gasteiger partial charge is 0.250 e. The third-order valence-electron chi connectivity index (χ3n) is 2.32. The van der Waals surface area contributed by atoms with Gasteiger partial charge in [-0.3, -0.25) is 0 Å². The second-order valence-electron chi connectivity index (χ2n) is 3.55. The molecule has 5 nitrogen and oxygen atoms in total. The Kier molecular flexibility index (Phi) is 1.81.